The molecular weight excluding hydrogens is 246 g/mol. The van der Waals surface area contributed by atoms with Gasteiger partial charge in [0.1, 0.15) is 0 Å². The first-order valence-electron chi connectivity index (χ1n) is 8.34. The molecule has 0 spiro atoms. The first-order chi connectivity index (χ1) is 9.56. The monoisotopic (exact) mass is 279 g/mol. The van der Waals surface area contributed by atoms with Crippen molar-refractivity contribution in [3.05, 3.63) is 17.0 Å². The molecule has 1 heterocycles. The standard InChI is InChI=1S/C17H33N3/c1-5-6-7-8-9-10-11-12-20-16(4)17(13-14(2)18)15(3)19-20/h14H,5-13,18H2,1-4H3. The van der Waals surface area contributed by atoms with Crippen LogP contribution in [-0.4, -0.2) is 15.8 Å². The summed E-state index contributed by atoms with van der Waals surface area (Å²) in [5.74, 6) is 0. The molecule has 0 radical (unpaired) electrons. The lowest BCUT2D eigenvalue weighted by molar-refractivity contribution is 0.514. The highest BCUT2D eigenvalue weighted by molar-refractivity contribution is 5.25. The molecule has 0 saturated carbocycles. The van der Waals surface area contributed by atoms with E-state index in [1.165, 1.54) is 56.2 Å². The fourth-order valence-corrected chi connectivity index (χ4v) is 2.79. The Hall–Kier alpha value is -0.830. The fraction of sp³-hybridized carbons (Fsp3) is 0.824. The Bertz CT molecular complexity index is 380. The molecule has 116 valence electrons. The van der Waals surface area contributed by atoms with E-state index >= 15 is 0 Å². The average Bonchev–Trinajstić information content (AvgIpc) is 2.65. The predicted molar refractivity (Wildman–Crippen MR) is 87.0 cm³/mol. The second-order valence-corrected chi connectivity index (χ2v) is 6.18. The molecule has 1 rings (SSSR count). The maximum atomic E-state index is 5.91. The van der Waals surface area contributed by atoms with E-state index in [0.717, 1.165) is 18.7 Å². The van der Waals surface area contributed by atoms with Gasteiger partial charge in [-0.15, -0.1) is 0 Å². The van der Waals surface area contributed by atoms with Gasteiger partial charge in [-0.25, -0.2) is 0 Å². The smallest absolute Gasteiger partial charge is 0.0629 e. The molecule has 1 unspecified atom stereocenters. The molecule has 1 atom stereocenters. The molecule has 0 amide bonds. The second-order valence-electron chi connectivity index (χ2n) is 6.18. The van der Waals surface area contributed by atoms with Crippen LogP contribution in [0.1, 0.15) is 75.7 Å². The van der Waals surface area contributed by atoms with Crippen molar-refractivity contribution in [1.82, 2.24) is 9.78 Å². The van der Waals surface area contributed by atoms with Gasteiger partial charge in [-0.05, 0) is 39.2 Å². The lowest BCUT2D eigenvalue weighted by Crippen LogP contribution is -2.18. The Kier molecular flexibility index (Phi) is 7.90. The largest absolute Gasteiger partial charge is 0.328 e. The summed E-state index contributed by atoms with van der Waals surface area (Å²) in [6.07, 6.45) is 10.4. The quantitative estimate of drug-likeness (QED) is 0.654. The molecule has 20 heavy (non-hydrogen) atoms. The number of nitrogens with zero attached hydrogens (tertiary/aromatic N) is 2. The number of rotatable bonds is 10. The molecule has 0 saturated heterocycles. The molecule has 0 bridgehead atoms. The summed E-state index contributed by atoms with van der Waals surface area (Å²) < 4.78 is 2.18. The highest BCUT2D eigenvalue weighted by Gasteiger charge is 2.12. The van der Waals surface area contributed by atoms with Crippen LogP contribution in [0, 0.1) is 13.8 Å². The lowest BCUT2D eigenvalue weighted by atomic mass is 10.1. The van der Waals surface area contributed by atoms with Crippen molar-refractivity contribution in [2.24, 2.45) is 5.73 Å². The zero-order valence-electron chi connectivity index (χ0n) is 13.9. The van der Waals surface area contributed by atoms with E-state index in [2.05, 4.69) is 37.5 Å². The number of nitrogens with two attached hydrogens (primary N) is 1. The van der Waals surface area contributed by atoms with Crippen molar-refractivity contribution < 1.29 is 0 Å². The summed E-state index contributed by atoms with van der Waals surface area (Å²) in [7, 11) is 0. The summed E-state index contributed by atoms with van der Waals surface area (Å²) in [5.41, 5.74) is 9.73. The van der Waals surface area contributed by atoms with Crippen LogP contribution in [0.25, 0.3) is 0 Å². The van der Waals surface area contributed by atoms with E-state index < -0.39 is 0 Å². The number of hydrogen-bond donors (Lipinski definition) is 1. The third-order valence-corrected chi connectivity index (χ3v) is 4.03. The minimum Gasteiger partial charge on any atom is -0.328 e. The summed E-state index contributed by atoms with van der Waals surface area (Å²) in [4.78, 5) is 0. The van der Waals surface area contributed by atoms with E-state index in [-0.39, 0.29) is 6.04 Å². The third kappa shape index (κ3) is 5.66. The van der Waals surface area contributed by atoms with Gasteiger partial charge in [-0.1, -0.05) is 45.4 Å². The molecule has 3 nitrogen and oxygen atoms in total. The van der Waals surface area contributed by atoms with Gasteiger partial charge < -0.3 is 5.73 Å². The van der Waals surface area contributed by atoms with E-state index in [0.29, 0.717) is 0 Å². The molecule has 2 N–H and O–H groups in total. The fourth-order valence-electron chi connectivity index (χ4n) is 2.79. The topological polar surface area (TPSA) is 43.8 Å². The zero-order valence-corrected chi connectivity index (χ0v) is 13.9. The van der Waals surface area contributed by atoms with Crippen LogP contribution in [0.3, 0.4) is 0 Å². The zero-order chi connectivity index (χ0) is 15.0. The van der Waals surface area contributed by atoms with E-state index in [1.807, 2.05) is 0 Å². The Morgan fingerprint density at radius 3 is 2.25 bits per heavy atom. The van der Waals surface area contributed by atoms with Gasteiger partial charge >= 0.3 is 0 Å². The molecule has 0 fully saturated rings. The van der Waals surface area contributed by atoms with Gasteiger partial charge in [-0.3, -0.25) is 4.68 Å². The first kappa shape index (κ1) is 17.2. The normalized spacial score (nSPS) is 12.8. The molecular formula is C17H33N3. The maximum Gasteiger partial charge on any atom is 0.0629 e. The Balaban J connectivity index is 2.33. The Labute approximate surface area is 124 Å². The molecule has 0 aliphatic carbocycles. The highest BCUT2D eigenvalue weighted by Crippen LogP contribution is 2.16. The summed E-state index contributed by atoms with van der Waals surface area (Å²) >= 11 is 0. The number of hydrogen-bond acceptors (Lipinski definition) is 2. The van der Waals surface area contributed by atoms with Crippen LogP contribution in [0.15, 0.2) is 0 Å². The molecule has 0 aromatic carbocycles. The highest BCUT2D eigenvalue weighted by atomic mass is 15.3. The van der Waals surface area contributed by atoms with Gasteiger partial charge in [0, 0.05) is 18.3 Å². The van der Waals surface area contributed by atoms with Crippen molar-refractivity contribution in [2.45, 2.75) is 91.6 Å². The van der Waals surface area contributed by atoms with Crippen LogP contribution >= 0.6 is 0 Å². The van der Waals surface area contributed by atoms with Gasteiger partial charge in [-0.2, -0.15) is 5.10 Å². The van der Waals surface area contributed by atoms with Gasteiger partial charge in [0.15, 0.2) is 0 Å². The van der Waals surface area contributed by atoms with Gasteiger partial charge in [0.05, 0.1) is 5.69 Å². The van der Waals surface area contributed by atoms with E-state index in [9.17, 15) is 0 Å². The van der Waals surface area contributed by atoms with Gasteiger partial charge in [0.25, 0.3) is 0 Å². The minimum atomic E-state index is 0.212. The number of aromatic nitrogens is 2. The van der Waals surface area contributed by atoms with E-state index in [1.54, 1.807) is 0 Å². The Morgan fingerprint density at radius 2 is 1.65 bits per heavy atom. The summed E-state index contributed by atoms with van der Waals surface area (Å²) in [6.45, 7) is 9.67. The van der Waals surface area contributed by atoms with Crippen molar-refractivity contribution in [2.75, 3.05) is 0 Å². The van der Waals surface area contributed by atoms with Crippen molar-refractivity contribution >= 4 is 0 Å². The first-order valence-corrected chi connectivity index (χ1v) is 8.34. The SMILES string of the molecule is CCCCCCCCCn1nc(C)c(CC(C)N)c1C. The third-order valence-electron chi connectivity index (χ3n) is 4.03. The van der Waals surface area contributed by atoms with Gasteiger partial charge in [0.2, 0.25) is 0 Å². The Morgan fingerprint density at radius 1 is 1.05 bits per heavy atom. The number of aryl methyl sites for hydroxylation is 2. The van der Waals surface area contributed by atoms with Crippen molar-refractivity contribution in [3.63, 3.8) is 0 Å². The second kappa shape index (κ2) is 9.17. The lowest BCUT2D eigenvalue weighted by Gasteiger charge is -2.07. The molecule has 3 heteroatoms. The van der Waals surface area contributed by atoms with Crippen LogP contribution in [0.4, 0.5) is 0 Å². The van der Waals surface area contributed by atoms with Crippen LogP contribution in [0.5, 0.6) is 0 Å². The predicted octanol–water partition coefficient (Wildman–Crippen LogP) is 4.14. The minimum absolute atomic E-state index is 0.212. The number of unbranched alkanes of at least 4 members (excludes halogenated alkanes) is 6. The average molecular weight is 279 g/mol. The molecule has 0 aliphatic rings. The van der Waals surface area contributed by atoms with Crippen LogP contribution < -0.4 is 5.73 Å². The van der Waals surface area contributed by atoms with Crippen LogP contribution in [0.2, 0.25) is 0 Å². The van der Waals surface area contributed by atoms with Crippen LogP contribution in [-0.2, 0) is 13.0 Å². The van der Waals surface area contributed by atoms with E-state index in [4.69, 9.17) is 5.73 Å². The molecule has 1 aromatic rings. The van der Waals surface area contributed by atoms with Crippen molar-refractivity contribution in [3.8, 4) is 0 Å². The maximum absolute atomic E-state index is 5.91. The van der Waals surface area contributed by atoms with Crippen molar-refractivity contribution in [1.29, 1.82) is 0 Å². The molecule has 0 aliphatic heterocycles. The summed E-state index contributed by atoms with van der Waals surface area (Å²) in [5, 5.41) is 4.67. The summed E-state index contributed by atoms with van der Waals surface area (Å²) in [6, 6.07) is 0.212. The molecule has 1 aromatic heterocycles.